The molecule has 0 aliphatic rings. The van der Waals surface area contributed by atoms with Crippen LogP contribution in [-0.2, 0) is 0 Å². The Balaban J connectivity index is 0.00000225. The molecular formula is C8H7NO6Pb. The summed E-state index contributed by atoms with van der Waals surface area (Å²) in [4.78, 5) is 30.6. The van der Waals surface area contributed by atoms with Gasteiger partial charge < -0.3 is 10.2 Å². The molecule has 84 valence electrons. The van der Waals surface area contributed by atoms with E-state index in [9.17, 15) is 19.7 Å². The molecule has 0 atom stereocenters. The van der Waals surface area contributed by atoms with Gasteiger partial charge in [0.05, 0.1) is 16.1 Å². The van der Waals surface area contributed by atoms with Crippen molar-refractivity contribution in [3.63, 3.8) is 0 Å². The van der Waals surface area contributed by atoms with E-state index in [1.165, 1.54) is 0 Å². The molecule has 1 aromatic carbocycles. The van der Waals surface area contributed by atoms with Crippen LogP contribution in [0.1, 0.15) is 20.7 Å². The summed E-state index contributed by atoms with van der Waals surface area (Å²) in [7, 11) is 0. The number of non-ortho nitro benzene ring substituents is 1. The SMILES string of the molecule is O=C(O)c1cc(C(=O)O)cc([N+](=O)[O-])c1.[PbH2]. The van der Waals surface area contributed by atoms with E-state index in [0.29, 0.717) is 0 Å². The Morgan fingerprint density at radius 2 is 1.44 bits per heavy atom. The first kappa shape index (κ1) is 14.5. The Bertz CT molecular complexity index is 379. The number of hydrogen-bond acceptors (Lipinski definition) is 4. The van der Waals surface area contributed by atoms with Crippen molar-refractivity contribution in [2.75, 3.05) is 0 Å². The van der Waals surface area contributed by atoms with Gasteiger partial charge in [-0.25, -0.2) is 9.59 Å². The van der Waals surface area contributed by atoms with E-state index in [0.717, 1.165) is 18.2 Å². The van der Waals surface area contributed by atoms with Crippen molar-refractivity contribution in [3.05, 3.63) is 39.4 Å². The third-order valence-electron chi connectivity index (χ3n) is 1.62. The topological polar surface area (TPSA) is 118 Å². The molecule has 16 heavy (non-hydrogen) atoms. The summed E-state index contributed by atoms with van der Waals surface area (Å²) in [5, 5.41) is 27.5. The van der Waals surface area contributed by atoms with Crippen molar-refractivity contribution in [1.29, 1.82) is 0 Å². The molecule has 0 aromatic heterocycles. The molecular weight excluding hydrogens is 413 g/mol. The Kier molecular flexibility index (Phi) is 5.01. The maximum absolute atomic E-state index is 10.5. The molecule has 0 unspecified atom stereocenters. The predicted octanol–water partition coefficient (Wildman–Crippen LogP) is 0.0750. The molecule has 0 amide bonds. The molecule has 0 saturated carbocycles. The van der Waals surface area contributed by atoms with E-state index in [-0.39, 0.29) is 27.3 Å². The van der Waals surface area contributed by atoms with Crippen LogP contribution in [0, 0.1) is 10.1 Å². The van der Waals surface area contributed by atoms with Gasteiger partial charge in [0, 0.05) is 12.1 Å². The van der Waals surface area contributed by atoms with Gasteiger partial charge in [0.15, 0.2) is 0 Å². The molecule has 2 radical (unpaired) electrons. The molecule has 0 aliphatic heterocycles. The summed E-state index contributed by atoms with van der Waals surface area (Å²) < 4.78 is 0. The molecule has 0 fully saturated rings. The van der Waals surface area contributed by atoms with E-state index in [1.54, 1.807) is 0 Å². The third-order valence-corrected chi connectivity index (χ3v) is 1.62. The van der Waals surface area contributed by atoms with E-state index < -0.39 is 33.7 Å². The molecule has 0 aliphatic carbocycles. The fraction of sp³-hybridized carbons (Fsp3) is 0. The quantitative estimate of drug-likeness (QED) is 0.406. The zero-order chi connectivity index (χ0) is 11.6. The summed E-state index contributed by atoms with van der Waals surface area (Å²) in [5.41, 5.74) is -1.42. The number of carbonyl (C=O) groups is 2. The first-order valence-corrected chi connectivity index (χ1v) is 3.68. The number of rotatable bonds is 3. The van der Waals surface area contributed by atoms with Gasteiger partial charge in [-0.05, 0) is 6.07 Å². The third kappa shape index (κ3) is 3.26. The van der Waals surface area contributed by atoms with Gasteiger partial charge in [0.1, 0.15) is 0 Å². The van der Waals surface area contributed by atoms with Crippen LogP contribution in [0.5, 0.6) is 0 Å². The number of nitro benzene ring substituents is 1. The number of hydrogen-bond donors (Lipinski definition) is 2. The van der Waals surface area contributed by atoms with Gasteiger partial charge in [-0.1, -0.05) is 0 Å². The summed E-state index contributed by atoms with van der Waals surface area (Å²) in [6.07, 6.45) is 0. The minimum atomic E-state index is -1.42. The number of nitrogens with zero attached hydrogens (tertiary/aromatic N) is 1. The Morgan fingerprint density at radius 1 is 1.06 bits per heavy atom. The second kappa shape index (κ2) is 5.53. The summed E-state index contributed by atoms with van der Waals surface area (Å²) in [6.45, 7) is 0. The van der Waals surface area contributed by atoms with Crippen molar-refractivity contribution >= 4 is 44.9 Å². The van der Waals surface area contributed by atoms with Gasteiger partial charge in [-0.15, -0.1) is 0 Å². The maximum atomic E-state index is 10.5. The first-order chi connectivity index (χ1) is 6.91. The Morgan fingerprint density at radius 3 is 1.69 bits per heavy atom. The van der Waals surface area contributed by atoms with E-state index in [2.05, 4.69) is 0 Å². The molecule has 1 aromatic rings. The molecule has 2 N–H and O–H groups in total. The van der Waals surface area contributed by atoms with Gasteiger partial charge >= 0.3 is 39.2 Å². The first-order valence-electron chi connectivity index (χ1n) is 3.68. The van der Waals surface area contributed by atoms with E-state index >= 15 is 0 Å². The number of aromatic carboxylic acids is 2. The molecule has 0 saturated heterocycles. The van der Waals surface area contributed by atoms with Crippen LogP contribution in [0.4, 0.5) is 5.69 Å². The summed E-state index contributed by atoms with van der Waals surface area (Å²) in [6, 6.07) is 2.46. The van der Waals surface area contributed by atoms with Gasteiger partial charge in [-0.2, -0.15) is 0 Å². The minimum absolute atomic E-state index is 0. The van der Waals surface area contributed by atoms with Crippen LogP contribution >= 0.6 is 0 Å². The van der Waals surface area contributed by atoms with E-state index in [4.69, 9.17) is 10.2 Å². The Labute approximate surface area is 109 Å². The van der Waals surface area contributed by atoms with Crippen LogP contribution < -0.4 is 0 Å². The molecule has 0 bridgehead atoms. The molecule has 1 rings (SSSR count). The molecule has 0 spiro atoms. The van der Waals surface area contributed by atoms with Crippen molar-refractivity contribution in [3.8, 4) is 0 Å². The van der Waals surface area contributed by atoms with Crippen molar-refractivity contribution in [2.24, 2.45) is 0 Å². The molecule has 0 heterocycles. The summed E-state index contributed by atoms with van der Waals surface area (Å²) >= 11 is 0. The van der Waals surface area contributed by atoms with Crippen molar-refractivity contribution < 1.29 is 24.7 Å². The fourth-order valence-electron chi connectivity index (χ4n) is 0.964. The second-order valence-electron chi connectivity index (χ2n) is 2.64. The number of carboxylic acids is 2. The standard InChI is InChI=1S/C8H5NO6.Pb.2H/c10-7(11)4-1-5(8(12)13)3-6(2-4)9(14)15;;;/h1-3H,(H,10,11)(H,12,13);;;. The zero-order valence-corrected chi connectivity index (χ0v) is 13.4. The van der Waals surface area contributed by atoms with Gasteiger partial charge in [0.25, 0.3) is 5.69 Å². The van der Waals surface area contributed by atoms with Crippen molar-refractivity contribution in [1.82, 2.24) is 0 Å². The van der Waals surface area contributed by atoms with Crippen molar-refractivity contribution in [2.45, 2.75) is 0 Å². The average Bonchev–Trinajstić information content (AvgIpc) is 2.16. The van der Waals surface area contributed by atoms with Crippen LogP contribution in [-0.4, -0.2) is 54.4 Å². The number of nitro groups is 1. The number of carboxylic acid groups (broad SMARTS) is 2. The molecule has 8 heteroatoms. The van der Waals surface area contributed by atoms with Crippen LogP contribution in [0.25, 0.3) is 0 Å². The normalized spacial score (nSPS) is 9.00. The van der Waals surface area contributed by atoms with Crippen LogP contribution in [0.2, 0.25) is 0 Å². The number of benzene rings is 1. The monoisotopic (exact) mass is 421 g/mol. The van der Waals surface area contributed by atoms with Crippen LogP contribution in [0.3, 0.4) is 0 Å². The summed E-state index contributed by atoms with van der Waals surface area (Å²) in [5.74, 6) is -2.83. The fourth-order valence-corrected chi connectivity index (χ4v) is 0.964. The van der Waals surface area contributed by atoms with Crippen LogP contribution in [0.15, 0.2) is 18.2 Å². The van der Waals surface area contributed by atoms with Gasteiger partial charge in [-0.3, -0.25) is 10.1 Å². The average molecular weight is 420 g/mol. The zero-order valence-electron chi connectivity index (χ0n) is 7.91. The Hall–Kier alpha value is -1.52. The van der Waals surface area contributed by atoms with E-state index in [1.807, 2.05) is 0 Å². The van der Waals surface area contributed by atoms with Gasteiger partial charge in [0.2, 0.25) is 0 Å². The molecule has 7 nitrogen and oxygen atoms in total. The second-order valence-corrected chi connectivity index (χ2v) is 2.64. The predicted molar refractivity (Wildman–Crippen MR) is 55.6 cm³/mol.